The van der Waals surface area contributed by atoms with Crippen LogP contribution in [0.25, 0.3) is 0 Å². The summed E-state index contributed by atoms with van der Waals surface area (Å²) >= 11 is 0. The number of hydrogen-bond acceptors (Lipinski definition) is 1. The van der Waals surface area contributed by atoms with E-state index in [9.17, 15) is 0 Å². The second-order valence-corrected chi connectivity index (χ2v) is 10.8. The summed E-state index contributed by atoms with van der Waals surface area (Å²) in [4.78, 5) is 0. The van der Waals surface area contributed by atoms with Gasteiger partial charge >= 0.3 is 0 Å². The second kappa shape index (κ2) is 41.8. The SMILES string of the molecule is C=C.CCCCCCCCCCCCCCCCOCCCCCCCCCCCCCCCC.O. The fourth-order valence-electron chi connectivity index (χ4n) is 4.90. The smallest absolute Gasteiger partial charge is 0.0466 e. The Hall–Kier alpha value is -0.340. The first-order chi connectivity index (χ1) is 17.4. The van der Waals surface area contributed by atoms with Crippen molar-refractivity contribution in [2.24, 2.45) is 0 Å². The van der Waals surface area contributed by atoms with Crippen LogP contribution in [0.4, 0.5) is 0 Å². The van der Waals surface area contributed by atoms with Gasteiger partial charge in [0, 0.05) is 13.2 Å². The van der Waals surface area contributed by atoms with E-state index in [-0.39, 0.29) is 5.48 Å². The molecule has 0 saturated heterocycles. The first-order valence-corrected chi connectivity index (χ1v) is 16.5. The van der Waals surface area contributed by atoms with Crippen LogP contribution in [0.1, 0.15) is 194 Å². The molecular formula is C34H72O2. The Morgan fingerprint density at radius 2 is 0.472 bits per heavy atom. The minimum atomic E-state index is 0. The van der Waals surface area contributed by atoms with Gasteiger partial charge in [-0.1, -0.05) is 181 Å². The van der Waals surface area contributed by atoms with E-state index >= 15 is 0 Å². The average molecular weight is 513 g/mol. The Labute approximate surface area is 230 Å². The maximum Gasteiger partial charge on any atom is 0.0466 e. The zero-order valence-electron chi connectivity index (χ0n) is 25.5. The molecule has 0 aromatic heterocycles. The first-order valence-electron chi connectivity index (χ1n) is 16.5. The van der Waals surface area contributed by atoms with Gasteiger partial charge < -0.3 is 10.2 Å². The van der Waals surface area contributed by atoms with Crippen molar-refractivity contribution in [3.8, 4) is 0 Å². The molecule has 0 amide bonds. The van der Waals surface area contributed by atoms with Crippen molar-refractivity contribution in [2.45, 2.75) is 194 Å². The van der Waals surface area contributed by atoms with Gasteiger partial charge in [-0.25, -0.2) is 0 Å². The molecule has 2 N–H and O–H groups in total. The highest BCUT2D eigenvalue weighted by atomic mass is 16.5. The maximum absolute atomic E-state index is 5.85. The van der Waals surface area contributed by atoms with Gasteiger partial charge in [0.2, 0.25) is 0 Å². The van der Waals surface area contributed by atoms with Gasteiger partial charge in [-0.15, -0.1) is 13.2 Å². The molecule has 2 nitrogen and oxygen atoms in total. The maximum atomic E-state index is 5.85. The molecule has 0 saturated carbocycles. The number of ether oxygens (including phenoxy) is 1. The molecule has 0 aliphatic carbocycles. The highest BCUT2D eigenvalue weighted by Gasteiger charge is 1.96. The van der Waals surface area contributed by atoms with E-state index in [2.05, 4.69) is 27.0 Å². The summed E-state index contributed by atoms with van der Waals surface area (Å²) in [6.07, 6.45) is 40.1. The van der Waals surface area contributed by atoms with Gasteiger partial charge in [-0.3, -0.25) is 0 Å². The van der Waals surface area contributed by atoms with Crippen LogP contribution in [0, 0.1) is 0 Å². The first kappa shape index (κ1) is 40.2. The van der Waals surface area contributed by atoms with Crippen LogP contribution in [0.15, 0.2) is 13.2 Å². The van der Waals surface area contributed by atoms with E-state index in [1.807, 2.05) is 0 Å². The summed E-state index contributed by atoms with van der Waals surface area (Å²) in [6.45, 7) is 12.6. The van der Waals surface area contributed by atoms with Crippen LogP contribution >= 0.6 is 0 Å². The van der Waals surface area contributed by atoms with Gasteiger partial charge in [0.25, 0.3) is 0 Å². The molecule has 0 unspecified atom stereocenters. The third kappa shape index (κ3) is 40.8. The third-order valence-electron chi connectivity index (χ3n) is 7.28. The minimum Gasteiger partial charge on any atom is -0.412 e. The summed E-state index contributed by atoms with van der Waals surface area (Å²) in [7, 11) is 0. The highest BCUT2D eigenvalue weighted by Crippen LogP contribution is 2.14. The molecule has 0 aromatic rings. The van der Waals surface area contributed by atoms with Crippen LogP contribution in [0.5, 0.6) is 0 Å². The lowest BCUT2D eigenvalue weighted by Gasteiger charge is -2.05. The predicted octanol–water partition coefficient (Wildman–Crippen LogP) is 11.9. The lowest BCUT2D eigenvalue weighted by atomic mass is 10.0. The molecule has 0 aliphatic rings. The van der Waals surface area contributed by atoms with Crippen molar-refractivity contribution < 1.29 is 10.2 Å². The van der Waals surface area contributed by atoms with Crippen LogP contribution in [0.2, 0.25) is 0 Å². The van der Waals surface area contributed by atoms with Crippen molar-refractivity contribution >= 4 is 0 Å². The fourth-order valence-corrected chi connectivity index (χ4v) is 4.90. The zero-order valence-corrected chi connectivity index (χ0v) is 25.5. The normalized spacial score (nSPS) is 10.6. The lowest BCUT2D eigenvalue weighted by molar-refractivity contribution is 0.125. The topological polar surface area (TPSA) is 40.7 Å². The molecule has 0 aromatic carbocycles. The standard InChI is InChI=1S/C32H66O.C2H4.H2O/c1-3-5-7-9-11-13-15-17-19-21-23-25-27-29-31-33-32-30-28-26-24-22-20-18-16-14-12-10-8-6-4-2;1-2;/h3-32H2,1-2H3;1-2H2;1H2. The van der Waals surface area contributed by atoms with E-state index in [1.165, 1.54) is 180 Å². The van der Waals surface area contributed by atoms with Crippen LogP contribution < -0.4 is 0 Å². The van der Waals surface area contributed by atoms with E-state index in [4.69, 9.17) is 4.74 Å². The summed E-state index contributed by atoms with van der Waals surface area (Å²) < 4.78 is 5.85. The molecule has 0 rings (SSSR count). The van der Waals surface area contributed by atoms with Crippen LogP contribution in [-0.2, 0) is 4.74 Å². The van der Waals surface area contributed by atoms with Gasteiger partial charge in [0.05, 0.1) is 0 Å². The Morgan fingerprint density at radius 1 is 0.306 bits per heavy atom. The largest absolute Gasteiger partial charge is 0.412 e. The Morgan fingerprint density at radius 3 is 0.667 bits per heavy atom. The quantitative estimate of drug-likeness (QED) is 0.0696. The molecule has 2 heteroatoms. The summed E-state index contributed by atoms with van der Waals surface area (Å²) in [6, 6.07) is 0. The van der Waals surface area contributed by atoms with E-state index in [0.29, 0.717) is 0 Å². The van der Waals surface area contributed by atoms with Gasteiger partial charge in [-0.2, -0.15) is 0 Å². The summed E-state index contributed by atoms with van der Waals surface area (Å²) in [5, 5.41) is 0. The molecule has 220 valence electrons. The molecule has 0 radical (unpaired) electrons. The molecular weight excluding hydrogens is 440 g/mol. The molecule has 0 aliphatic heterocycles. The van der Waals surface area contributed by atoms with Crippen molar-refractivity contribution in [1.82, 2.24) is 0 Å². The Kier molecular flexibility index (Phi) is 46.6. The van der Waals surface area contributed by atoms with E-state index in [0.717, 1.165) is 13.2 Å². The molecule has 0 fully saturated rings. The van der Waals surface area contributed by atoms with Gasteiger partial charge in [0.1, 0.15) is 0 Å². The third-order valence-corrected chi connectivity index (χ3v) is 7.28. The fraction of sp³-hybridized carbons (Fsp3) is 0.941. The van der Waals surface area contributed by atoms with Crippen LogP contribution in [0.3, 0.4) is 0 Å². The van der Waals surface area contributed by atoms with Crippen molar-refractivity contribution in [2.75, 3.05) is 13.2 Å². The van der Waals surface area contributed by atoms with Gasteiger partial charge in [0.15, 0.2) is 0 Å². The Balaban J connectivity index is -0.00000353. The molecule has 36 heavy (non-hydrogen) atoms. The number of rotatable bonds is 30. The van der Waals surface area contributed by atoms with E-state index in [1.54, 1.807) is 0 Å². The Bertz CT molecular complexity index is 301. The van der Waals surface area contributed by atoms with Crippen molar-refractivity contribution in [3.63, 3.8) is 0 Å². The average Bonchev–Trinajstić information content (AvgIpc) is 2.89. The number of unbranched alkanes of at least 4 members (excludes halogenated alkanes) is 26. The second-order valence-electron chi connectivity index (χ2n) is 10.8. The molecule has 0 bridgehead atoms. The van der Waals surface area contributed by atoms with Crippen LogP contribution in [-0.4, -0.2) is 18.7 Å². The van der Waals surface area contributed by atoms with Crippen molar-refractivity contribution in [1.29, 1.82) is 0 Å². The highest BCUT2D eigenvalue weighted by molar-refractivity contribution is 4.51. The molecule has 0 atom stereocenters. The minimum absolute atomic E-state index is 0. The number of hydrogen-bond donors (Lipinski definition) is 0. The van der Waals surface area contributed by atoms with E-state index < -0.39 is 0 Å². The zero-order chi connectivity index (χ0) is 25.9. The molecule has 0 heterocycles. The lowest BCUT2D eigenvalue weighted by Crippen LogP contribution is -1.97. The predicted molar refractivity (Wildman–Crippen MR) is 166 cm³/mol. The van der Waals surface area contributed by atoms with Crippen molar-refractivity contribution in [3.05, 3.63) is 13.2 Å². The summed E-state index contributed by atoms with van der Waals surface area (Å²) in [5.41, 5.74) is 0. The molecule has 0 spiro atoms. The van der Waals surface area contributed by atoms with Gasteiger partial charge in [-0.05, 0) is 12.8 Å². The monoisotopic (exact) mass is 513 g/mol. The summed E-state index contributed by atoms with van der Waals surface area (Å²) in [5.74, 6) is 0.